The molecule has 1 aromatic carbocycles. The van der Waals surface area contributed by atoms with Gasteiger partial charge < -0.3 is 5.32 Å². The third-order valence-electron chi connectivity index (χ3n) is 2.82. The third kappa shape index (κ3) is 5.78. The number of anilines is 1. The minimum atomic E-state index is 0.471. The first-order chi connectivity index (χ1) is 8.13. The first kappa shape index (κ1) is 14.8. The molecule has 0 amide bonds. The van der Waals surface area contributed by atoms with E-state index in [2.05, 4.69) is 35.1 Å². The van der Waals surface area contributed by atoms with Crippen LogP contribution in [0.25, 0.3) is 0 Å². The molecule has 17 heavy (non-hydrogen) atoms. The maximum absolute atomic E-state index is 6.14. The zero-order valence-corrected chi connectivity index (χ0v) is 12.9. The average Bonchev–Trinajstić information content (AvgIpc) is 2.29. The molecule has 1 atom stereocenters. The molecule has 96 valence electrons. The summed E-state index contributed by atoms with van der Waals surface area (Å²) in [5.41, 5.74) is 1.02. The number of unbranched alkanes of at least 4 members (excludes halogenated alkanes) is 3. The van der Waals surface area contributed by atoms with Crippen LogP contribution in [0.1, 0.15) is 46.0 Å². The second-order valence-corrected chi connectivity index (χ2v) is 5.84. The fourth-order valence-electron chi connectivity index (χ4n) is 1.82. The Bertz CT molecular complexity index is 341. The SMILES string of the molecule is CCCCCCC(C)Nc1cc(Br)ccc1Cl. The van der Waals surface area contributed by atoms with Crippen LogP contribution in [-0.4, -0.2) is 6.04 Å². The van der Waals surface area contributed by atoms with Gasteiger partial charge in [0.05, 0.1) is 10.7 Å². The van der Waals surface area contributed by atoms with Crippen LogP contribution in [0.15, 0.2) is 22.7 Å². The number of halogens is 2. The summed E-state index contributed by atoms with van der Waals surface area (Å²) in [6.45, 7) is 4.45. The Labute approximate surface area is 118 Å². The topological polar surface area (TPSA) is 12.0 Å². The highest BCUT2D eigenvalue weighted by atomic mass is 79.9. The van der Waals surface area contributed by atoms with Crippen LogP contribution in [0.4, 0.5) is 5.69 Å². The quantitative estimate of drug-likeness (QED) is 0.620. The van der Waals surface area contributed by atoms with E-state index >= 15 is 0 Å². The molecule has 0 spiro atoms. The predicted molar refractivity (Wildman–Crippen MR) is 81.0 cm³/mol. The summed E-state index contributed by atoms with van der Waals surface area (Å²) in [5, 5.41) is 4.25. The van der Waals surface area contributed by atoms with Crippen LogP contribution >= 0.6 is 27.5 Å². The molecule has 0 fully saturated rings. The zero-order valence-electron chi connectivity index (χ0n) is 10.6. The van der Waals surface area contributed by atoms with E-state index < -0.39 is 0 Å². The Morgan fingerprint density at radius 1 is 1.29 bits per heavy atom. The molecule has 1 nitrogen and oxygen atoms in total. The Balaban J connectivity index is 2.39. The molecule has 1 aromatic rings. The molecule has 0 aliphatic carbocycles. The smallest absolute Gasteiger partial charge is 0.0638 e. The molecule has 1 N–H and O–H groups in total. The van der Waals surface area contributed by atoms with E-state index in [0.29, 0.717) is 6.04 Å². The Hall–Kier alpha value is -0.210. The zero-order chi connectivity index (χ0) is 12.7. The highest BCUT2D eigenvalue weighted by Gasteiger charge is 2.05. The Morgan fingerprint density at radius 3 is 2.76 bits per heavy atom. The highest BCUT2D eigenvalue weighted by Crippen LogP contribution is 2.26. The standard InChI is InChI=1S/C14H21BrClN/c1-3-4-5-6-7-11(2)17-14-10-12(15)8-9-13(14)16/h8-11,17H,3-7H2,1-2H3. The first-order valence-corrected chi connectivity index (χ1v) is 7.52. The average molecular weight is 319 g/mol. The van der Waals surface area contributed by atoms with Crippen molar-refractivity contribution in [3.05, 3.63) is 27.7 Å². The molecule has 0 bridgehead atoms. The van der Waals surface area contributed by atoms with E-state index in [1.807, 2.05) is 18.2 Å². The molecule has 0 radical (unpaired) electrons. The normalized spacial score (nSPS) is 12.5. The summed E-state index contributed by atoms with van der Waals surface area (Å²) in [6, 6.07) is 6.38. The van der Waals surface area contributed by atoms with Gasteiger partial charge in [0, 0.05) is 10.5 Å². The summed E-state index contributed by atoms with van der Waals surface area (Å²) in [7, 11) is 0. The fourth-order valence-corrected chi connectivity index (χ4v) is 2.36. The molecule has 1 unspecified atom stereocenters. The second kappa shape index (κ2) is 7.99. The molecule has 0 saturated heterocycles. The van der Waals surface area contributed by atoms with Crippen molar-refractivity contribution in [3.63, 3.8) is 0 Å². The van der Waals surface area contributed by atoms with Crippen molar-refractivity contribution in [2.45, 2.75) is 52.0 Å². The monoisotopic (exact) mass is 317 g/mol. The van der Waals surface area contributed by atoms with E-state index in [4.69, 9.17) is 11.6 Å². The lowest BCUT2D eigenvalue weighted by molar-refractivity contribution is 0.594. The lowest BCUT2D eigenvalue weighted by Gasteiger charge is -2.16. The van der Waals surface area contributed by atoms with Gasteiger partial charge in [0.25, 0.3) is 0 Å². The van der Waals surface area contributed by atoms with E-state index in [-0.39, 0.29) is 0 Å². The van der Waals surface area contributed by atoms with E-state index in [0.717, 1.165) is 15.2 Å². The third-order valence-corrected chi connectivity index (χ3v) is 3.64. The van der Waals surface area contributed by atoms with Crippen LogP contribution in [0, 0.1) is 0 Å². The Kier molecular flexibility index (Phi) is 6.98. The number of benzene rings is 1. The summed E-state index contributed by atoms with van der Waals surface area (Å²) < 4.78 is 1.06. The van der Waals surface area contributed by atoms with Crippen molar-refractivity contribution in [2.24, 2.45) is 0 Å². The maximum atomic E-state index is 6.14. The molecule has 0 aromatic heterocycles. The number of hydrogen-bond donors (Lipinski definition) is 1. The fraction of sp³-hybridized carbons (Fsp3) is 0.571. The van der Waals surface area contributed by atoms with Crippen molar-refractivity contribution in [1.29, 1.82) is 0 Å². The van der Waals surface area contributed by atoms with Crippen molar-refractivity contribution >= 4 is 33.2 Å². The molecule has 1 rings (SSSR count). The van der Waals surface area contributed by atoms with Crippen LogP contribution < -0.4 is 5.32 Å². The summed E-state index contributed by atoms with van der Waals surface area (Å²) >= 11 is 9.60. The van der Waals surface area contributed by atoms with Gasteiger partial charge >= 0.3 is 0 Å². The molecular formula is C14H21BrClN. The molecule has 0 saturated carbocycles. The van der Waals surface area contributed by atoms with E-state index in [9.17, 15) is 0 Å². The summed E-state index contributed by atoms with van der Waals surface area (Å²) in [6.07, 6.45) is 6.44. The number of nitrogens with one attached hydrogen (secondary N) is 1. The van der Waals surface area contributed by atoms with Gasteiger partial charge in [-0.1, -0.05) is 60.1 Å². The van der Waals surface area contributed by atoms with Gasteiger partial charge in [-0.05, 0) is 31.5 Å². The summed E-state index contributed by atoms with van der Waals surface area (Å²) in [5.74, 6) is 0. The van der Waals surface area contributed by atoms with Crippen molar-refractivity contribution in [1.82, 2.24) is 0 Å². The maximum Gasteiger partial charge on any atom is 0.0638 e. The van der Waals surface area contributed by atoms with Gasteiger partial charge in [0.2, 0.25) is 0 Å². The molecule has 0 aliphatic rings. The number of hydrogen-bond acceptors (Lipinski definition) is 1. The largest absolute Gasteiger partial charge is 0.381 e. The molecular weight excluding hydrogens is 298 g/mol. The lowest BCUT2D eigenvalue weighted by atomic mass is 10.1. The van der Waals surface area contributed by atoms with Crippen molar-refractivity contribution < 1.29 is 0 Å². The van der Waals surface area contributed by atoms with Gasteiger partial charge in [0.15, 0.2) is 0 Å². The molecule has 3 heteroatoms. The van der Waals surface area contributed by atoms with Crippen LogP contribution in [0.5, 0.6) is 0 Å². The second-order valence-electron chi connectivity index (χ2n) is 4.52. The minimum Gasteiger partial charge on any atom is -0.381 e. The van der Waals surface area contributed by atoms with Gasteiger partial charge in [-0.15, -0.1) is 0 Å². The van der Waals surface area contributed by atoms with E-state index in [1.54, 1.807) is 0 Å². The first-order valence-electron chi connectivity index (χ1n) is 6.35. The minimum absolute atomic E-state index is 0.471. The Morgan fingerprint density at radius 2 is 2.06 bits per heavy atom. The van der Waals surface area contributed by atoms with Gasteiger partial charge in [-0.3, -0.25) is 0 Å². The molecule has 0 aliphatic heterocycles. The lowest BCUT2D eigenvalue weighted by Crippen LogP contribution is -2.15. The van der Waals surface area contributed by atoms with Crippen molar-refractivity contribution in [3.8, 4) is 0 Å². The van der Waals surface area contributed by atoms with Gasteiger partial charge in [0.1, 0.15) is 0 Å². The van der Waals surface area contributed by atoms with Crippen molar-refractivity contribution in [2.75, 3.05) is 5.32 Å². The highest BCUT2D eigenvalue weighted by molar-refractivity contribution is 9.10. The van der Waals surface area contributed by atoms with Gasteiger partial charge in [-0.25, -0.2) is 0 Å². The van der Waals surface area contributed by atoms with E-state index in [1.165, 1.54) is 32.1 Å². The molecule has 0 heterocycles. The number of rotatable bonds is 7. The summed E-state index contributed by atoms with van der Waals surface area (Å²) in [4.78, 5) is 0. The van der Waals surface area contributed by atoms with Crippen LogP contribution in [-0.2, 0) is 0 Å². The van der Waals surface area contributed by atoms with Gasteiger partial charge in [-0.2, -0.15) is 0 Å². The predicted octanol–water partition coefficient (Wildman–Crippen LogP) is 5.87. The van der Waals surface area contributed by atoms with Crippen LogP contribution in [0.3, 0.4) is 0 Å². The van der Waals surface area contributed by atoms with Crippen LogP contribution in [0.2, 0.25) is 5.02 Å².